The fourth-order valence-electron chi connectivity index (χ4n) is 3.00. The normalized spacial score (nSPS) is 13.8. The fraction of sp³-hybridized carbons (Fsp3) is 0.278. The zero-order valence-corrected chi connectivity index (χ0v) is 14.0. The first kappa shape index (κ1) is 15.1. The molecule has 24 heavy (non-hydrogen) atoms. The van der Waals surface area contributed by atoms with E-state index >= 15 is 0 Å². The number of para-hydroxylation sites is 1. The molecular formula is C18H17N3O2S. The van der Waals surface area contributed by atoms with Gasteiger partial charge in [-0.1, -0.05) is 29.4 Å². The first-order valence-corrected chi connectivity index (χ1v) is 8.94. The van der Waals surface area contributed by atoms with Crippen molar-refractivity contribution in [2.75, 3.05) is 11.4 Å². The van der Waals surface area contributed by atoms with Crippen LogP contribution in [0, 0.1) is 0 Å². The Hall–Kier alpha value is -2.47. The molecular weight excluding hydrogens is 322 g/mol. The Balaban J connectivity index is 1.43. The van der Waals surface area contributed by atoms with Crippen molar-refractivity contribution in [3.8, 4) is 10.7 Å². The average molecular weight is 339 g/mol. The van der Waals surface area contributed by atoms with E-state index in [9.17, 15) is 4.79 Å². The molecule has 3 heterocycles. The Labute approximate surface area is 143 Å². The lowest BCUT2D eigenvalue weighted by Gasteiger charge is -2.29. The molecule has 1 amide bonds. The summed E-state index contributed by atoms with van der Waals surface area (Å²) in [5.74, 6) is 1.21. The molecule has 1 aliphatic heterocycles. The van der Waals surface area contributed by atoms with Crippen molar-refractivity contribution in [2.45, 2.75) is 25.7 Å². The Kier molecular flexibility index (Phi) is 4.13. The molecule has 0 radical (unpaired) electrons. The number of nitrogens with zero attached hydrogens (tertiary/aromatic N) is 3. The van der Waals surface area contributed by atoms with E-state index < -0.39 is 0 Å². The van der Waals surface area contributed by atoms with E-state index in [1.54, 1.807) is 11.3 Å². The van der Waals surface area contributed by atoms with Crippen LogP contribution in [0.1, 0.15) is 24.3 Å². The summed E-state index contributed by atoms with van der Waals surface area (Å²) >= 11 is 1.57. The van der Waals surface area contributed by atoms with Crippen LogP contribution in [0.15, 0.2) is 46.3 Å². The number of carbonyl (C=O) groups excluding carboxylic acids is 1. The second kappa shape index (κ2) is 6.57. The molecule has 0 fully saturated rings. The number of fused-ring (bicyclic) bond motifs is 1. The largest absolute Gasteiger partial charge is 0.339 e. The van der Waals surface area contributed by atoms with Crippen LogP contribution in [-0.2, 0) is 17.6 Å². The Bertz CT molecular complexity index is 842. The highest BCUT2D eigenvalue weighted by atomic mass is 32.1. The van der Waals surface area contributed by atoms with E-state index in [4.69, 9.17) is 4.52 Å². The SMILES string of the molecule is O=C(CCc1nc(-c2cccs2)no1)N1CCCc2ccccc21. The summed E-state index contributed by atoms with van der Waals surface area (Å²) in [5, 5.41) is 5.96. The van der Waals surface area contributed by atoms with Gasteiger partial charge in [-0.15, -0.1) is 11.3 Å². The van der Waals surface area contributed by atoms with Crippen LogP contribution in [0.25, 0.3) is 10.7 Å². The summed E-state index contributed by atoms with van der Waals surface area (Å²) in [5.41, 5.74) is 2.29. The number of hydrogen-bond acceptors (Lipinski definition) is 5. The number of hydrogen-bond donors (Lipinski definition) is 0. The summed E-state index contributed by atoms with van der Waals surface area (Å²) in [6.45, 7) is 0.778. The predicted octanol–water partition coefficient (Wildman–Crippen LogP) is 3.71. The van der Waals surface area contributed by atoms with Gasteiger partial charge in [-0.3, -0.25) is 4.79 Å². The van der Waals surface area contributed by atoms with Crippen molar-refractivity contribution >= 4 is 22.9 Å². The molecule has 3 aromatic rings. The highest BCUT2D eigenvalue weighted by Gasteiger charge is 2.22. The molecule has 0 saturated heterocycles. The maximum Gasteiger partial charge on any atom is 0.227 e. The molecule has 0 unspecified atom stereocenters. The number of aryl methyl sites for hydroxylation is 2. The number of rotatable bonds is 4. The topological polar surface area (TPSA) is 59.2 Å². The summed E-state index contributed by atoms with van der Waals surface area (Å²) in [4.78, 5) is 19.8. The van der Waals surface area contributed by atoms with Crippen molar-refractivity contribution in [2.24, 2.45) is 0 Å². The van der Waals surface area contributed by atoms with E-state index in [0.717, 1.165) is 30.0 Å². The number of amides is 1. The van der Waals surface area contributed by atoms with Gasteiger partial charge >= 0.3 is 0 Å². The van der Waals surface area contributed by atoms with Gasteiger partial charge in [0.1, 0.15) is 0 Å². The van der Waals surface area contributed by atoms with Gasteiger partial charge < -0.3 is 9.42 Å². The standard InChI is InChI=1S/C18H17N3O2S/c22-17(21-11-3-6-13-5-1-2-7-14(13)21)10-9-16-19-18(20-23-16)15-8-4-12-24-15/h1-2,4-5,7-8,12H,3,6,9-11H2. The number of benzene rings is 1. The lowest BCUT2D eigenvalue weighted by atomic mass is 10.0. The summed E-state index contributed by atoms with van der Waals surface area (Å²) < 4.78 is 5.27. The summed E-state index contributed by atoms with van der Waals surface area (Å²) in [6, 6.07) is 12.0. The van der Waals surface area contributed by atoms with Crippen LogP contribution < -0.4 is 4.90 Å². The van der Waals surface area contributed by atoms with Crippen LogP contribution in [0.3, 0.4) is 0 Å². The highest BCUT2D eigenvalue weighted by molar-refractivity contribution is 7.13. The smallest absolute Gasteiger partial charge is 0.227 e. The minimum absolute atomic E-state index is 0.109. The average Bonchev–Trinajstić information content (AvgIpc) is 3.30. The molecule has 5 nitrogen and oxygen atoms in total. The van der Waals surface area contributed by atoms with Gasteiger partial charge in [-0.05, 0) is 35.9 Å². The van der Waals surface area contributed by atoms with E-state index in [-0.39, 0.29) is 5.91 Å². The molecule has 0 spiro atoms. The van der Waals surface area contributed by atoms with Crippen LogP contribution >= 0.6 is 11.3 Å². The van der Waals surface area contributed by atoms with Crippen molar-refractivity contribution in [1.82, 2.24) is 10.1 Å². The number of anilines is 1. The van der Waals surface area contributed by atoms with Gasteiger partial charge in [0.2, 0.25) is 17.6 Å². The third-order valence-corrected chi connectivity index (χ3v) is 5.04. The molecule has 1 aromatic carbocycles. The fourth-order valence-corrected chi connectivity index (χ4v) is 3.65. The Morgan fingerprint density at radius 3 is 3.04 bits per heavy atom. The van der Waals surface area contributed by atoms with Gasteiger partial charge in [-0.2, -0.15) is 4.98 Å². The Morgan fingerprint density at radius 1 is 1.25 bits per heavy atom. The first-order valence-electron chi connectivity index (χ1n) is 8.06. The van der Waals surface area contributed by atoms with Crippen molar-refractivity contribution < 1.29 is 9.32 Å². The predicted molar refractivity (Wildman–Crippen MR) is 93.0 cm³/mol. The van der Waals surface area contributed by atoms with Gasteiger partial charge in [0, 0.05) is 25.1 Å². The Morgan fingerprint density at radius 2 is 2.17 bits per heavy atom. The summed E-state index contributed by atoms with van der Waals surface area (Å²) in [7, 11) is 0. The zero-order chi connectivity index (χ0) is 16.4. The molecule has 0 bridgehead atoms. The van der Waals surface area contributed by atoms with Crippen LogP contribution in [0.2, 0.25) is 0 Å². The van der Waals surface area contributed by atoms with Gasteiger partial charge in [0.15, 0.2) is 0 Å². The second-order valence-electron chi connectivity index (χ2n) is 5.77. The van der Waals surface area contributed by atoms with E-state index in [1.807, 2.05) is 40.6 Å². The second-order valence-corrected chi connectivity index (χ2v) is 6.71. The maximum absolute atomic E-state index is 12.6. The van der Waals surface area contributed by atoms with E-state index in [2.05, 4.69) is 16.2 Å². The van der Waals surface area contributed by atoms with E-state index in [0.29, 0.717) is 24.6 Å². The molecule has 4 rings (SSSR count). The van der Waals surface area contributed by atoms with Gasteiger partial charge in [-0.25, -0.2) is 0 Å². The minimum Gasteiger partial charge on any atom is -0.339 e. The molecule has 6 heteroatoms. The van der Waals surface area contributed by atoms with Gasteiger partial charge in [0.25, 0.3) is 0 Å². The molecule has 0 atom stereocenters. The minimum atomic E-state index is 0.109. The van der Waals surface area contributed by atoms with Crippen molar-refractivity contribution in [3.05, 3.63) is 53.2 Å². The monoisotopic (exact) mass is 339 g/mol. The first-order chi connectivity index (χ1) is 11.8. The lowest BCUT2D eigenvalue weighted by molar-refractivity contribution is -0.118. The molecule has 122 valence electrons. The number of carbonyl (C=O) groups is 1. The van der Waals surface area contributed by atoms with Crippen LogP contribution in [-0.4, -0.2) is 22.6 Å². The third kappa shape index (κ3) is 2.97. The van der Waals surface area contributed by atoms with E-state index in [1.165, 1.54) is 5.56 Å². The molecule has 2 aromatic heterocycles. The highest BCUT2D eigenvalue weighted by Crippen LogP contribution is 2.27. The number of aromatic nitrogens is 2. The summed E-state index contributed by atoms with van der Waals surface area (Å²) in [6.07, 6.45) is 2.88. The maximum atomic E-state index is 12.6. The molecule has 0 aliphatic carbocycles. The zero-order valence-electron chi connectivity index (χ0n) is 13.1. The van der Waals surface area contributed by atoms with Crippen LogP contribution in [0.4, 0.5) is 5.69 Å². The molecule has 0 saturated carbocycles. The van der Waals surface area contributed by atoms with Gasteiger partial charge in [0.05, 0.1) is 4.88 Å². The lowest BCUT2D eigenvalue weighted by Crippen LogP contribution is -2.35. The van der Waals surface area contributed by atoms with Crippen molar-refractivity contribution in [3.63, 3.8) is 0 Å². The molecule has 1 aliphatic rings. The molecule has 0 N–H and O–H groups in total. The number of thiophene rings is 1. The van der Waals surface area contributed by atoms with Crippen molar-refractivity contribution in [1.29, 1.82) is 0 Å². The third-order valence-electron chi connectivity index (χ3n) is 4.17. The quantitative estimate of drug-likeness (QED) is 0.727. The van der Waals surface area contributed by atoms with Crippen LogP contribution in [0.5, 0.6) is 0 Å².